The molecule has 1 saturated heterocycles. The summed E-state index contributed by atoms with van der Waals surface area (Å²) in [6.07, 6.45) is -0.558. The summed E-state index contributed by atoms with van der Waals surface area (Å²) in [5, 5.41) is 8.82. The number of carboxylic acids is 1. The zero-order chi connectivity index (χ0) is 16.7. The minimum Gasteiger partial charge on any atom is -0.491 e. The first-order valence-electron chi connectivity index (χ1n) is 7.44. The van der Waals surface area contributed by atoms with Crippen LogP contribution in [-0.4, -0.2) is 68.0 Å². The second-order valence-corrected chi connectivity index (χ2v) is 5.21. The van der Waals surface area contributed by atoms with Gasteiger partial charge in [0, 0.05) is 25.8 Å². The summed E-state index contributed by atoms with van der Waals surface area (Å²) in [7, 11) is 1.60. The van der Waals surface area contributed by atoms with Crippen LogP contribution in [0.1, 0.15) is 16.8 Å². The van der Waals surface area contributed by atoms with Crippen molar-refractivity contribution in [3.63, 3.8) is 0 Å². The lowest BCUT2D eigenvalue weighted by atomic mass is 10.1. The van der Waals surface area contributed by atoms with Gasteiger partial charge in [-0.3, -0.25) is 9.59 Å². The Kier molecular flexibility index (Phi) is 6.37. The maximum absolute atomic E-state index is 12.5. The molecule has 0 aromatic heterocycles. The predicted octanol–water partition coefficient (Wildman–Crippen LogP) is 1.03. The first kappa shape index (κ1) is 17.2. The number of benzene rings is 1. The van der Waals surface area contributed by atoms with E-state index in [9.17, 15) is 9.59 Å². The molecule has 1 heterocycles. The van der Waals surface area contributed by atoms with Gasteiger partial charge in [-0.1, -0.05) is 0 Å². The van der Waals surface area contributed by atoms with E-state index in [1.165, 1.54) is 0 Å². The molecule has 1 aromatic carbocycles. The molecular formula is C16H21NO6. The number of ether oxygens (including phenoxy) is 3. The SMILES string of the molecule is COCCOc1ccc(C(=O)N2CCO[C@@H](CC(=O)O)C2)cc1. The Labute approximate surface area is 134 Å². The monoisotopic (exact) mass is 323 g/mol. The third-order valence-electron chi connectivity index (χ3n) is 3.49. The third-order valence-corrected chi connectivity index (χ3v) is 3.49. The lowest BCUT2D eigenvalue weighted by Crippen LogP contribution is -2.46. The van der Waals surface area contributed by atoms with Crippen molar-refractivity contribution >= 4 is 11.9 Å². The van der Waals surface area contributed by atoms with Crippen molar-refractivity contribution in [2.24, 2.45) is 0 Å². The first-order valence-corrected chi connectivity index (χ1v) is 7.44. The largest absolute Gasteiger partial charge is 0.491 e. The van der Waals surface area contributed by atoms with Crippen LogP contribution in [0.25, 0.3) is 0 Å². The maximum Gasteiger partial charge on any atom is 0.306 e. The number of nitrogens with zero attached hydrogens (tertiary/aromatic N) is 1. The molecular weight excluding hydrogens is 302 g/mol. The third kappa shape index (κ3) is 5.22. The summed E-state index contributed by atoms with van der Waals surface area (Å²) < 4.78 is 15.7. The lowest BCUT2D eigenvalue weighted by Gasteiger charge is -2.32. The Bertz CT molecular complexity index is 530. The van der Waals surface area contributed by atoms with Crippen LogP contribution in [0.4, 0.5) is 0 Å². The quantitative estimate of drug-likeness (QED) is 0.754. The molecule has 1 N–H and O–H groups in total. The van der Waals surface area contributed by atoms with E-state index in [1.807, 2.05) is 0 Å². The van der Waals surface area contributed by atoms with Crippen LogP contribution >= 0.6 is 0 Å². The van der Waals surface area contributed by atoms with Gasteiger partial charge in [-0.05, 0) is 24.3 Å². The number of carbonyl (C=O) groups is 2. The zero-order valence-electron chi connectivity index (χ0n) is 13.1. The number of carbonyl (C=O) groups excluding carboxylic acids is 1. The van der Waals surface area contributed by atoms with Crippen molar-refractivity contribution in [2.75, 3.05) is 40.0 Å². The molecule has 1 aromatic rings. The van der Waals surface area contributed by atoms with Gasteiger partial charge >= 0.3 is 5.97 Å². The lowest BCUT2D eigenvalue weighted by molar-refractivity contribution is -0.141. The van der Waals surface area contributed by atoms with Gasteiger partial charge in [0.25, 0.3) is 5.91 Å². The van der Waals surface area contributed by atoms with E-state index >= 15 is 0 Å². The molecule has 1 amide bonds. The van der Waals surface area contributed by atoms with Crippen molar-refractivity contribution in [1.29, 1.82) is 0 Å². The zero-order valence-corrected chi connectivity index (χ0v) is 13.1. The van der Waals surface area contributed by atoms with Crippen LogP contribution in [0.15, 0.2) is 24.3 Å². The number of methoxy groups -OCH3 is 1. The Morgan fingerprint density at radius 1 is 1.30 bits per heavy atom. The number of rotatable bonds is 7. The minimum atomic E-state index is -0.929. The van der Waals surface area contributed by atoms with Crippen LogP contribution in [0.5, 0.6) is 5.75 Å². The van der Waals surface area contributed by atoms with Gasteiger partial charge in [0.05, 0.1) is 25.7 Å². The number of amides is 1. The highest BCUT2D eigenvalue weighted by atomic mass is 16.5. The molecule has 0 aliphatic carbocycles. The van der Waals surface area contributed by atoms with Crippen molar-refractivity contribution < 1.29 is 28.9 Å². The molecule has 2 rings (SSSR count). The highest BCUT2D eigenvalue weighted by Crippen LogP contribution is 2.16. The summed E-state index contributed by atoms with van der Waals surface area (Å²) >= 11 is 0. The molecule has 126 valence electrons. The fourth-order valence-corrected chi connectivity index (χ4v) is 2.34. The van der Waals surface area contributed by atoms with E-state index in [0.717, 1.165) is 0 Å². The van der Waals surface area contributed by atoms with Gasteiger partial charge in [0.15, 0.2) is 0 Å². The Hall–Kier alpha value is -2.12. The van der Waals surface area contributed by atoms with Gasteiger partial charge in [-0.25, -0.2) is 0 Å². The van der Waals surface area contributed by atoms with Gasteiger partial charge in [-0.15, -0.1) is 0 Å². The number of carboxylic acid groups (broad SMARTS) is 1. The molecule has 7 nitrogen and oxygen atoms in total. The van der Waals surface area contributed by atoms with E-state index in [4.69, 9.17) is 19.3 Å². The van der Waals surface area contributed by atoms with Crippen LogP contribution < -0.4 is 4.74 Å². The van der Waals surface area contributed by atoms with E-state index in [2.05, 4.69) is 0 Å². The summed E-state index contributed by atoms with van der Waals surface area (Å²) in [4.78, 5) is 24.8. The average Bonchev–Trinajstić information content (AvgIpc) is 2.55. The first-order chi connectivity index (χ1) is 11.1. The van der Waals surface area contributed by atoms with E-state index in [-0.39, 0.29) is 18.9 Å². The van der Waals surface area contributed by atoms with Crippen molar-refractivity contribution in [3.8, 4) is 5.75 Å². The van der Waals surface area contributed by atoms with Crippen molar-refractivity contribution in [3.05, 3.63) is 29.8 Å². The summed E-state index contributed by atoms with van der Waals surface area (Å²) in [6, 6.07) is 6.87. The van der Waals surface area contributed by atoms with Gasteiger partial charge in [0.1, 0.15) is 12.4 Å². The smallest absolute Gasteiger partial charge is 0.306 e. The van der Waals surface area contributed by atoms with Crippen LogP contribution in [0.2, 0.25) is 0 Å². The van der Waals surface area contributed by atoms with Gasteiger partial charge < -0.3 is 24.2 Å². The van der Waals surface area contributed by atoms with E-state index in [0.29, 0.717) is 37.7 Å². The van der Waals surface area contributed by atoms with Crippen molar-refractivity contribution in [1.82, 2.24) is 4.90 Å². The van der Waals surface area contributed by atoms with Crippen LogP contribution in [0, 0.1) is 0 Å². The minimum absolute atomic E-state index is 0.101. The molecule has 0 saturated carbocycles. The Morgan fingerprint density at radius 2 is 2.04 bits per heavy atom. The topological polar surface area (TPSA) is 85.3 Å². The number of aliphatic carboxylic acids is 1. The number of morpholine rings is 1. The molecule has 0 unspecified atom stereocenters. The molecule has 0 spiro atoms. The summed E-state index contributed by atoms with van der Waals surface area (Å²) in [6.45, 7) is 2.05. The standard InChI is InChI=1S/C16H21NO6/c1-21-8-9-23-13-4-2-12(3-5-13)16(20)17-6-7-22-14(11-17)10-15(18)19/h2-5,14H,6-11H2,1H3,(H,18,19)/t14-/m0/s1. The van der Waals surface area contributed by atoms with E-state index in [1.54, 1.807) is 36.3 Å². The van der Waals surface area contributed by atoms with E-state index < -0.39 is 12.1 Å². The highest BCUT2D eigenvalue weighted by Gasteiger charge is 2.26. The molecule has 7 heteroatoms. The summed E-state index contributed by atoms with van der Waals surface area (Å²) in [5.74, 6) is -0.390. The fourth-order valence-electron chi connectivity index (χ4n) is 2.34. The van der Waals surface area contributed by atoms with Crippen LogP contribution in [0.3, 0.4) is 0 Å². The Balaban J connectivity index is 1.92. The van der Waals surface area contributed by atoms with Crippen molar-refractivity contribution in [2.45, 2.75) is 12.5 Å². The molecule has 23 heavy (non-hydrogen) atoms. The predicted molar refractivity (Wildman–Crippen MR) is 81.7 cm³/mol. The van der Waals surface area contributed by atoms with Gasteiger partial charge in [-0.2, -0.15) is 0 Å². The highest BCUT2D eigenvalue weighted by molar-refractivity contribution is 5.94. The fraction of sp³-hybridized carbons (Fsp3) is 0.500. The number of hydrogen-bond acceptors (Lipinski definition) is 5. The molecule has 1 aliphatic rings. The second kappa shape index (κ2) is 8.50. The molecule has 1 aliphatic heterocycles. The Morgan fingerprint density at radius 3 is 2.70 bits per heavy atom. The molecule has 1 fully saturated rings. The molecule has 1 atom stereocenters. The van der Waals surface area contributed by atoms with Crippen LogP contribution in [-0.2, 0) is 14.3 Å². The normalized spacial score (nSPS) is 17.8. The average molecular weight is 323 g/mol. The second-order valence-electron chi connectivity index (χ2n) is 5.21. The summed E-state index contributed by atoms with van der Waals surface area (Å²) in [5.41, 5.74) is 0.542. The van der Waals surface area contributed by atoms with Gasteiger partial charge in [0.2, 0.25) is 0 Å². The molecule has 0 bridgehead atoms. The number of hydrogen-bond donors (Lipinski definition) is 1. The maximum atomic E-state index is 12.5. The molecule has 0 radical (unpaired) electrons.